The SMILES string of the molecule is Cc1ccc(S[C@H](C)C(=O)NCC(=O)Nc2ccccc2Br)cc1. The van der Waals surface area contributed by atoms with Crippen molar-refractivity contribution in [3.63, 3.8) is 0 Å². The first kappa shape index (κ1) is 18.5. The number of nitrogens with one attached hydrogen (secondary N) is 2. The van der Waals surface area contributed by atoms with Crippen LogP contribution < -0.4 is 10.6 Å². The Kier molecular flexibility index (Phi) is 6.87. The molecule has 0 aliphatic heterocycles. The van der Waals surface area contributed by atoms with E-state index in [1.54, 1.807) is 6.07 Å². The molecule has 2 rings (SSSR count). The maximum atomic E-state index is 12.1. The van der Waals surface area contributed by atoms with Crippen molar-refractivity contribution in [1.29, 1.82) is 0 Å². The zero-order valence-corrected chi connectivity index (χ0v) is 15.9. The monoisotopic (exact) mass is 406 g/mol. The fourth-order valence-corrected chi connectivity index (χ4v) is 3.22. The van der Waals surface area contributed by atoms with Gasteiger partial charge in [-0.2, -0.15) is 0 Å². The van der Waals surface area contributed by atoms with Crippen LogP contribution in [0.15, 0.2) is 57.9 Å². The van der Waals surface area contributed by atoms with Crippen molar-refractivity contribution in [1.82, 2.24) is 5.32 Å². The number of halogens is 1. The number of carbonyl (C=O) groups excluding carboxylic acids is 2. The number of carbonyl (C=O) groups is 2. The van der Waals surface area contributed by atoms with Crippen LogP contribution >= 0.6 is 27.7 Å². The number of benzene rings is 2. The van der Waals surface area contributed by atoms with Gasteiger partial charge in [-0.05, 0) is 54.0 Å². The lowest BCUT2D eigenvalue weighted by Gasteiger charge is -2.12. The van der Waals surface area contributed by atoms with Crippen molar-refractivity contribution in [3.05, 3.63) is 58.6 Å². The average molecular weight is 407 g/mol. The molecule has 0 fully saturated rings. The van der Waals surface area contributed by atoms with Gasteiger partial charge in [0.1, 0.15) is 0 Å². The highest BCUT2D eigenvalue weighted by Gasteiger charge is 2.15. The zero-order valence-electron chi connectivity index (χ0n) is 13.5. The summed E-state index contributed by atoms with van der Waals surface area (Å²) >= 11 is 4.83. The summed E-state index contributed by atoms with van der Waals surface area (Å²) in [5, 5.41) is 5.15. The Morgan fingerprint density at radius 1 is 1.12 bits per heavy atom. The van der Waals surface area contributed by atoms with Crippen LogP contribution in [0.25, 0.3) is 0 Å². The van der Waals surface area contributed by atoms with E-state index in [0.717, 1.165) is 9.37 Å². The first-order chi connectivity index (χ1) is 11.5. The second kappa shape index (κ2) is 8.89. The number of rotatable bonds is 6. The van der Waals surface area contributed by atoms with Gasteiger partial charge in [0, 0.05) is 9.37 Å². The Bertz CT molecular complexity index is 719. The predicted molar refractivity (Wildman–Crippen MR) is 102 cm³/mol. The van der Waals surface area contributed by atoms with Crippen molar-refractivity contribution in [2.75, 3.05) is 11.9 Å². The topological polar surface area (TPSA) is 58.2 Å². The summed E-state index contributed by atoms with van der Waals surface area (Å²) in [4.78, 5) is 25.1. The molecule has 6 heteroatoms. The van der Waals surface area contributed by atoms with Crippen LogP contribution in [0.1, 0.15) is 12.5 Å². The van der Waals surface area contributed by atoms with E-state index in [2.05, 4.69) is 26.6 Å². The first-order valence-corrected chi connectivity index (χ1v) is 9.18. The van der Waals surface area contributed by atoms with Crippen LogP contribution in [0, 0.1) is 6.92 Å². The molecule has 0 spiro atoms. The minimum Gasteiger partial charge on any atom is -0.346 e. The van der Waals surface area contributed by atoms with Gasteiger partial charge in [-0.25, -0.2) is 0 Å². The molecule has 24 heavy (non-hydrogen) atoms. The van der Waals surface area contributed by atoms with E-state index in [1.165, 1.54) is 17.3 Å². The fourth-order valence-electron chi connectivity index (χ4n) is 1.94. The Balaban J connectivity index is 1.80. The van der Waals surface area contributed by atoms with Gasteiger partial charge in [0.25, 0.3) is 0 Å². The number of thioether (sulfide) groups is 1. The van der Waals surface area contributed by atoms with E-state index >= 15 is 0 Å². The van der Waals surface area contributed by atoms with Crippen molar-refractivity contribution >= 4 is 45.2 Å². The maximum absolute atomic E-state index is 12.1. The highest BCUT2D eigenvalue weighted by Crippen LogP contribution is 2.23. The van der Waals surface area contributed by atoms with Gasteiger partial charge in [-0.15, -0.1) is 11.8 Å². The molecule has 1 atom stereocenters. The van der Waals surface area contributed by atoms with E-state index in [-0.39, 0.29) is 23.6 Å². The fraction of sp³-hybridized carbons (Fsp3) is 0.222. The Hall–Kier alpha value is -1.79. The molecule has 0 aliphatic carbocycles. The van der Waals surface area contributed by atoms with E-state index in [4.69, 9.17) is 0 Å². The van der Waals surface area contributed by atoms with Gasteiger partial charge < -0.3 is 10.6 Å². The molecule has 0 aliphatic rings. The molecule has 0 heterocycles. The Morgan fingerprint density at radius 3 is 2.46 bits per heavy atom. The number of para-hydroxylation sites is 1. The number of hydrogen-bond acceptors (Lipinski definition) is 3. The molecule has 2 aromatic carbocycles. The van der Waals surface area contributed by atoms with Crippen LogP contribution in [-0.2, 0) is 9.59 Å². The third-order valence-electron chi connectivity index (χ3n) is 3.27. The number of aryl methyl sites for hydroxylation is 1. The molecule has 2 aromatic rings. The van der Waals surface area contributed by atoms with E-state index < -0.39 is 0 Å². The highest BCUT2D eigenvalue weighted by molar-refractivity contribution is 9.10. The quantitative estimate of drug-likeness (QED) is 0.712. The molecule has 0 radical (unpaired) electrons. The van der Waals surface area contributed by atoms with Gasteiger partial charge in [0.05, 0.1) is 17.5 Å². The molecule has 0 saturated heterocycles. The third-order valence-corrected chi connectivity index (χ3v) is 5.08. The molecule has 2 amide bonds. The van der Waals surface area contributed by atoms with Gasteiger partial charge in [-0.1, -0.05) is 29.8 Å². The minimum absolute atomic E-state index is 0.0566. The zero-order chi connectivity index (χ0) is 17.5. The second-order valence-corrected chi connectivity index (χ2v) is 7.59. The molecule has 0 saturated carbocycles. The Labute approximate surface area is 154 Å². The molecule has 0 unspecified atom stereocenters. The molecule has 126 valence electrons. The summed E-state index contributed by atoms with van der Waals surface area (Å²) in [6.07, 6.45) is 0. The normalized spacial score (nSPS) is 11.6. The molecular formula is C18H19BrN2O2S. The summed E-state index contributed by atoms with van der Waals surface area (Å²) in [6.45, 7) is 3.79. The molecule has 2 N–H and O–H groups in total. The van der Waals surface area contributed by atoms with E-state index in [1.807, 2.05) is 56.3 Å². The van der Waals surface area contributed by atoms with Gasteiger partial charge in [0.2, 0.25) is 11.8 Å². The van der Waals surface area contributed by atoms with Crippen LogP contribution in [0.4, 0.5) is 5.69 Å². The predicted octanol–water partition coefficient (Wildman–Crippen LogP) is 3.99. The van der Waals surface area contributed by atoms with Crippen LogP contribution in [0.3, 0.4) is 0 Å². The second-order valence-electron chi connectivity index (χ2n) is 5.32. The minimum atomic E-state index is -0.274. The van der Waals surface area contributed by atoms with Gasteiger partial charge in [-0.3, -0.25) is 9.59 Å². The van der Waals surface area contributed by atoms with Gasteiger partial charge >= 0.3 is 0 Å². The molecule has 0 bridgehead atoms. The number of anilines is 1. The maximum Gasteiger partial charge on any atom is 0.243 e. The van der Waals surface area contributed by atoms with Crippen molar-refractivity contribution in [2.24, 2.45) is 0 Å². The third kappa shape index (κ3) is 5.69. The van der Waals surface area contributed by atoms with Crippen LogP contribution in [-0.4, -0.2) is 23.6 Å². The first-order valence-electron chi connectivity index (χ1n) is 7.51. The standard InChI is InChI=1S/C18H19BrN2O2S/c1-12-7-9-14(10-8-12)24-13(2)18(23)20-11-17(22)21-16-6-4-3-5-15(16)19/h3-10,13H,11H2,1-2H3,(H,20,23)(H,21,22)/t13-/m1/s1. The highest BCUT2D eigenvalue weighted by atomic mass is 79.9. The number of hydrogen-bond donors (Lipinski definition) is 2. The Morgan fingerprint density at radius 2 is 1.79 bits per heavy atom. The summed E-state index contributed by atoms with van der Waals surface area (Å²) in [7, 11) is 0. The molecule has 0 aromatic heterocycles. The van der Waals surface area contributed by atoms with Crippen LogP contribution in [0.2, 0.25) is 0 Å². The summed E-state index contributed by atoms with van der Waals surface area (Å²) in [5.74, 6) is -0.425. The van der Waals surface area contributed by atoms with E-state index in [0.29, 0.717) is 5.69 Å². The van der Waals surface area contributed by atoms with Crippen molar-refractivity contribution in [3.8, 4) is 0 Å². The number of amides is 2. The van der Waals surface area contributed by atoms with E-state index in [9.17, 15) is 9.59 Å². The van der Waals surface area contributed by atoms with Crippen molar-refractivity contribution < 1.29 is 9.59 Å². The lowest BCUT2D eigenvalue weighted by atomic mass is 10.2. The molecular weight excluding hydrogens is 388 g/mol. The van der Waals surface area contributed by atoms with Crippen molar-refractivity contribution in [2.45, 2.75) is 24.0 Å². The summed E-state index contributed by atoms with van der Waals surface area (Å²) in [5.41, 5.74) is 1.86. The molecule has 4 nitrogen and oxygen atoms in total. The smallest absolute Gasteiger partial charge is 0.243 e. The average Bonchev–Trinajstić information content (AvgIpc) is 2.57. The lowest BCUT2D eigenvalue weighted by Crippen LogP contribution is -2.37. The summed E-state index contributed by atoms with van der Waals surface area (Å²) < 4.78 is 0.799. The van der Waals surface area contributed by atoms with Crippen LogP contribution in [0.5, 0.6) is 0 Å². The van der Waals surface area contributed by atoms with Gasteiger partial charge in [0.15, 0.2) is 0 Å². The lowest BCUT2D eigenvalue weighted by molar-refractivity contribution is -0.123. The largest absolute Gasteiger partial charge is 0.346 e. The summed E-state index contributed by atoms with van der Waals surface area (Å²) in [6, 6.07) is 15.3.